The highest BCUT2D eigenvalue weighted by Gasteiger charge is 2.12. The van der Waals surface area contributed by atoms with Crippen LogP contribution >= 0.6 is 0 Å². The van der Waals surface area contributed by atoms with Crippen molar-refractivity contribution in [3.8, 4) is 0 Å². The van der Waals surface area contributed by atoms with Gasteiger partial charge in [-0.15, -0.1) is 0 Å². The first-order chi connectivity index (χ1) is 12.0. The van der Waals surface area contributed by atoms with Gasteiger partial charge in [-0.25, -0.2) is 9.37 Å². The molecule has 1 amide bonds. The molecule has 128 valence electrons. The Kier molecular flexibility index (Phi) is 4.88. The van der Waals surface area contributed by atoms with E-state index in [9.17, 15) is 14.0 Å². The van der Waals surface area contributed by atoms with Gasteiger partial charge in [-0.3, -0.25) is 9.59 Å². The summed E-state index contributed by atoms with van der Waals surface area (Å²) >= 11 is 0. The molecular weight excluding hydrogens is 321 g/mol. The molecule has 5 nitrogen and oxygen atoms in total. The minimum Gasteiger partial charge on any atom is -0.338 e. The molecule has 0 fully saturated rings. The average Bonchev–Trinajstić information content (AvgIpc) is 2.61. The predicted molar refractivity (Wildman–Crippen MR) is 93.6 cm³/mol. The number of amides is 1. The van der Waals surface area contributed by atoms with Gasteiger partial charge in [-0.05, 0) is 36.2 Å². The Morgan fingerprint density at radius 1 is 1.16 bits per heavy atom. The van der Waals surface area contributed by atoms with E-state index in [2.05, 4.69) is 9.97 Å². The summed E-state index contributed by atoms with van der Waals surface area (Å²) in [5.74, 6) is 0.0833. The molecule has 0 spiro atoms. The first-order valence-corrected chi connectivity index (χ1v) is 7.99. The second-order valence-electron chi connectivity index (χ2n) is 5.91. The number of aryl methyl sites for hydroxylation is 1. The number of halogens is 1. The molecule has 6 heteroatoms. The smallest absolute Gasteiger partial charge is 0.258 e. The second-order valence-corrected chi connectivity index (χ2v) is 5.91. The van der Waals surface area contributed by atoms with Gasteiger partial charge < -0.3 is 9.88 Å². The number of carbonyl (C=O) groups excluding carboxylic acids is 1. The summed E-state index contributed by atoms with van der Waals surface area (Å²) in [6, 6.07) is 13.2. The molecule has 1 aromatic heterocycles. The zero-order valence-corrected chi connectivity index (χ0v) is 13.8. The number of aromatic nitrogens is 2. The van der Waals surface area contributed by atoms with Crippen molar-refractivity contribution < 1.29 is 9.18 Å². The summed E-state index contributed by atoms with van der Waals surface area (Å²) in [4.78, 5) is 33.0. The van der Waals surface area contributed by atoms with E-state index in [1.165, 1.54) is 17.0 Å². The fourth-order valence-corrected chi connectivity index (χ4v) is 2.62. The third-order valence-electron chi connectivity index (χ3n) is 4.02. The third kappa shape index (κ3) is 4.09. The first-order valence-electron chi connectivity index (χ1n) is 7.99. The molecule has 0 aliphatic carbocycles. The maximum Gasteiger partial charge on any atom is 0.258 e. The van der Waals surface area contributed by atoms with Crippen molar-refractivity contribution in [3.63, 3.8) is 0 Å². The van der Waals surface area contributed by atoms with E-state index in [1.807, 2.05) is 6.07 Å². The highest BCUT2D eigenvalue weighted by Crippen LogP contribution is 2.09. The molecule has 3 aromatic rings. The summed E-state index contributed by atoms with van der Waals surface area (Å²) in [5, 5.41) is 0.525. The van der Waals surface area contributed by atoms with Crippen molar-refractivity contribution >= 4 is 16.8 Å². The highest BCUT2D eigenvalue weighted by atomic mass is 19.1. The van der Waals surface area contributed by atoms with Crippen molar-refractivity contribution in [3.05, 3.63) is 76.1 Å². The third-order valence-corrected chi connectivity index (χ3v) is 4.02. The van der Waals surface area contributed by atoms with Crippen LogP contribution in [0.4, 0.5) is 4.39 Å². The van der Waals surface area contributed by atoms with Crippen LogP contribution in [0.5, 0.6) is 0 Å². The minimum absolute atomic E-state index is 0.0693. The molecule has 0 radical (unpaired) electrons. The van der Waals surface area contributed by atoms with Crippen molar-refractivity contribution in [2.24, 2.45) is 0 Å². The Bertz CT molecular complexity index is 951. The van der Waals surface area contributed by atoms with E-state index in [-0.39, 0.29) is 23.8 Å². The van der Waals surface area contributed by atoms with Gasteiger partial charge in [0.1, 0.15) is 11.6 Å². The van der Waals surface area contributed by atoms with Gasteiger partial charge >= 0.3 is 0 Å². The monoisotopic (exact) mass is 339 g/mol. The topological polar surface area (TPSA) is 66.1 Å². The van der Waals surface area contributed by atoms with Crippen LogP contribution in [0.3, 0.4) is 0 Å². The van der Waals surface area contributed by atoms with Gasteiger partial charge in [0.25, 0.3) is 5.56 Å². The lowest BCUT2D eigenvalue weighted by molar-refractivity contribution is -0.130. The summed E-state index contributed by atoms with van der Waals surface area (Å²) in [6.07, 6.45) is 0.838. The lowest BCUT2D eigenvalue weighted by Gasteiger charge is -2.16. The van der Waals surface area contributed by atoms with Crippen LogP contribution in [0.25, 0.3) is 10.9 Å². The molecule has 0 aliphatic rings. The van der Waals surface area contributed by atoms with E-state index in [4.69, 9.17) is 0 Å². The summed E-state index contributed by atoms with van der Waals surface area (Å²) in [6.45, 7) is 0.225. The fraction of sp³-hybridized carbons (Fsp3) is 0.211. The highest BCUT2D eigenvalue weighted by molar-refractivity contribution is 5.77. The van der Waals surface area contributed by atoms with Gasteiger partial charge in [0.05, 0.1) is 17.4 Å². The average molecular weight is 339 g/mol. The van der Waals surface area contributed by atoms with Gasteiger partial charge in [0.15, 0.2) is 0 Å². The van der Waals surface area contributed by atoms with E-state index < -0.39 is 0 Å². The second kappa shape index (κ2) is 7.25. The van der Waals surface area contributed by atoms with E-state index in [0.29, 0.717) is 29.6 Å². The number of nitrogens with one attached hydrogen (secondary N) is 1. The first kappa shape index (κ1) is 16.8. The van der Waals surface area contributed by atoms with Crippen LogP contribution in [0.2, 0.25) is 0 Å². The summed E-state index contributed by atoms with van der Waals surface area (Å²) in [7, 11) is 1.67. The Morgan fingerprint density at radius 2 is 1.88 bits per heavy atom. The molecule has 0 unspecified atom stereocenters. The maximum absolute atomic E-state index is 12.9. The number of para-hydroxylation sites is 1. The van der Waals surface area contributed by atoms with Crippen molar-refractivity contribution in [1.82, 2.24) is 14.9 Å². The zero-order chi connectivity index (χ0) is 17.8. The zero-order valence-electron chi connectivity index (χ0n) is 13.8. The number of nitrogens with zero attached hydrogens (tertiary/aromatic N) is 2. The number of fused-ring (bicyclic) bond motifs is 1. The summed E-state index contributed by atoms with van der Waals surface area (Å²) in [5.41, 5.74) is 1.29. The molecule has 25 heavy (non-hydrogen) atoms. The number of hydrogen-bond donors (Lipinski definition) is 1. The van der Waals surface area contributed by atoms with Gasteiger partial charge in [-0.2, -0.15) is 0 Å². The molecule has 1 heterocycles. The molecule has 0 bridgehead atoms. The minimum atomic E-state index is -0.293. The van der Waals surface area contributed by atoms with Gasteiger partial charge in [-0.1, -0.05) is 24.3 Å². The molecule has 0 saturated carbocycles. The van der Waals surface area contributed by atoms with Crippen molar-refractivity contribution in [1.29, 1.82) is 0 Å². The van der Waals surface area contributed by atoms with Gasteiger partial charge in [0, 0.05) is 13.5 Å². The molecule has 0 aliphatic heterocycles. The van der Waals surface area contributed by atoms with E-state index in [0.717, 1.165) is 5.56 Å². The molecule has 1 N–H and O–H groups in total. The molecular formula is C19H18FN3O2. The van der Waals surface area contributed by atoms with Crippen LogP contribution in [-0.2, 0) is 17.8 Å². The van der Waals surface area contributed by atoms with Crippen molar-refractivity contribution in [2.45, 2.75) is 19.4 Å². The van der Waals surface area contributed by atoms with Crippen LogP contribution in [0.15, 0.2) is 53.3 Å². The van der Waals surface area contributed by atoms with E-state index in [1.54, 1.807) is 37.4 Å². The Balaban J connectivity index is 1.65. The Hall–Kier alpha value is -3.02. The Labute approximate surface area is 144 Å². The molecule has 2 aromatic carbocycles. The fourth-order valence-electron chi connectivity index (χ4n) is 2.62. The van der Waals surface area contributed by atoms with E-state index >= 15 is 0 Å². The van der Waals surface area contributed by atoms with Crippen LogP contribution < -0.4 is 5.56 Å². The molecule has 0 saturated heterocycles. The molecule has 0 atom stereocenters. The number of hydrogen-bond acceptors (Lipinski definition) is 3. The molecule has 3 rings (SSSR count). The Morgan fingerprint density at radius 3 is 2.64 bits per heavy atom. The maximum atomic E-state index is 12.9. The SMILES string of the molecule is CN(Cc1nc2ccccc2c(=O)[nH]1)C(=O)CCc1ccc(F)cc1. The number of H-pyrrole nitrogens is 1. The number of rotatable bonds is 5. The number of carbonyl (C=O) groups is 1. The predicted octanol–water partition coefficient (Wildman–Crippen LogP) is 2.65. The largest absolute Gasteiger partial charge is 0.338 e. The lowest BCUT2D eigenvalue weighted by atomic mass is 10.1. The summed E-state index contributed by atoms with van der Waals surface area (Å²) < 4.78 is 12.9. The van der Waals surface area contributed by atoms with Crippen LogP contribution in [-0.4, -0.2) is 27.8 Å². The number of benzene rings is 2. The van der Waals surface area contributed by atoms with Crippen LogP contribution in [0, 0.1) is 5.82 Å². The van der Waals surface area contributed by atoms with Crippen LogP contribution in [0.1, 0.15) is 17.8 Å². The quantitative estimate of drug-likeness (QED) is 0.777. The van der Waals surface area contributed by atoms with Gasteiger partial charge in [0.2, 0.25) is 5.91 Å². The van der Waals surface area contributed by atoms with Crippen molar-refractivity contribution in [2.75, 3.05) is 7.05 Å². The number of aromatic amines is 1. The standard InChI is InChI=1S/C19H18FN3O2/c1-23(18(24)11-8-13-6-9-14(20)10-7-13)12-17-21-16-5-3-2-4-15(16)19(25)22-17/h2-7,9-10H,8,11-12H2,1H3,(H,21,22,25). The lowest BCUT2D eigenvalue weighted by Crippen LogP contribution is -2.28. The normalized spacial score (nSPS) is 10.8.